The number of hydrogen-bond donors (Lipinski definition) is 2. The van der Waals surface area contributed by atoms with Crippen LogP contribution in [0.5, 0.6) is 0 Å². The van der Waals surface area contributed by atoms with E-state index in [0.717, 1.165) is 29.1 Å². The van der Waals surface area contributed by atoms with Crippen LogP contribution in [0.1, 0.15) is 34.8 Å². The van der Waals surface area contributed by atoms with Crippen LogP contribution < -0.4 is 10.9 Å². The molecule has 2 aromatic heterocycles. The van der Waals surface area contributed by atoms with Crippen molar-refractivity contribution >= 4 is 22.9 Å². The molecule has 0 bridgehead atoms. The van der Waals surface area contributed by atoms with E-state index in [1.807, 2.05) is 29.6 Å². The van der Waals surface area contributed by atoms with Gasteiger partial charge in [-0.2, -0.15) is 0 Å². The SMILES string of the molecule is O=C(Nc1ccccc1-c1nccs1)c1ccc(C2CC2)[nH]c1=O. The summed E-state index contributed by atoms with van der Waals surface area (Å²) in [6.07, 6.45) is 3.92. The highest BCUT2D eigenvalue weighted by Crippen LogP contribution is 2.38. The summed E-state index contributed by atoms with van der Waals surface area (Å²) in [6.45, 7) is 0. The van der Waals surface area contributed by atoms with E-state index in [1.165, 1.54) is 11.3 Å². The largest absolute Gasteiger partial charge is 0.325 e. The third kappa shape index (κ3) is 2.88. The lowest BCUT2D eigenvalue weighted by molar-refractivity contribution is 0.102. The molecule has 2 heterocycles. The molecular formula is C18H15N3O2S. The summed E-state index contributed by atoms with van der Waals surface area (Å²) >= 11 is 1.50. The normalized spacial score (nSPS) is 13.7. The van der Waals surface area contributed by atoms with Crippen molar-refractivity contribution in [3.63, 3.8) is 0 Å². The van der Waals surface area contributed by atoms with Crippen molar-refractivity contribution in [1.29, 1.82) is 0 Å². The average molecular weight is 337 g/mol. The van der Waals surface area contributed by atoms with Gasteiger partial charge in [-0.15, -0.1) is 11.3 Å². The topological polar surface area (TPSA) is 74.8 Å². The quantitative estimate of drug-likeness (QED) is 0.763. The maximum atomic E-state index is 12.5. The molecule has 0 saturated heterocycles. The molecule has 0 aliphatic heterocycles. The number of hydrogen-bond acceptors (Lipinski definition) is 4. The number of rotatable bonds is 4. The fraction of sp³-hybridized carbons (Fsp3) is 0.167. The monoisotopic (exact) mass is 337 g/mol. The van der Waals surface area contributed by atoms with Crippen molar-refractivity contribution in [3.8, 4) is 10.6 Å². The molecule has 0 radical (unpaired) electrons. The van der Waals surface area contributed by atoms with Gasteiger partial charge in [0.15, 0.2) is 0 Å². The van der Waals surface area contributed by atoms with E-state index in [0.29, 0.717) is 11.6 Å². The molecule has 1 fully saturated rings. The number of nitrogens with zero attached hydrogens (tertiary/aromatic N) is 1. The van der Waals surface area contributed by atoms with Crippen molar-refractivity contribution in [2.24, 2.45) is 0 Å². The highest BCUT2D eigenvalue weighted by molar-refractivity contribution is 7.13. The molecule has 120 valence electrons. The van der Waals surface area contributed by atoms with Gasteiger partial charge in [0.2, 0.25) is 0 Å². The van der Waals surface area contributed by atoms with Crippen molar-refractivity contribution in [2.45, 2.75) is 18.8 Å². The lowest BCUT2D eigenvalue weighted by atomic mass is 10.1. The maximum Gasteiger partial charge on any atom is 0.261 e. The molecular weight excluding hydrogens is 322 g/mol. The van der Waals surface area contributed by atoms with E-state index in [9.17, 15) is 9.59 Å². The van der Waals surface area contributed by atoms with Crippen molar-refractivity contribution in [3.05, 3.63) is 69.6 Å². The number of anilines is 1. The van der Waals surface area contributed by atoms with Gasteiger partial charge >= 0.3 is 0 Å². The van der Waals surface area contributed by atoms with Crippen LogP contribution in [0, 0.1) is 0 Å². The van der Waals surface area contributed by atoms with E-state index in [-0.39, 0.29) is 11.1 Å². The molecule has 2 N–H and O–H groups in total. The van der Waals surface area contributed by atoms with Gasteiger partial charge in [0.1, 0.15) is 10.6 Å². The number of para-hydroxylation sites is 1. The molecule has 1 aromatic carbocycles. The van der Waals surface area contributed by atoms with Gasteiger partial charge in [-0.1, -0.05) is 12.1 Å². The molecule has 4 rings (SSSR count). The van der Waals surface area contributed by atoms with Crippen LogP contribution >= 0.6 is 11.3 Å². The highest BCUT2D eigenvalue weighted by atomic mass is 32.1. The van der Waals surface area contributed by atoms with Crippen LogP contribution in [-0.2, 0) is 0 Å². The zero-order valence-electron chi connectivity index (χ0n) is 12.8. The van der Waals surface area contributed by atoms with Crippen molar-refractivity contribution in [2.75, 3.05) is 5.32 Å². The van der Waals surface area contributed by atoms with Gasteiger partial charge in [0, 0.05) is 22.8 Å². The predicted molar refractivity (Wildman–Crippen MR) is 94.5 cm³/mol. The molecule has 1 aliphatic rings. The molecule has 1 amide bonds. The van der Waals surface area contributed by atoms with Crippen LogP contribution in [0.3, 0.4) is 0 Å². The Hall–Kier alpha value is -2.73. The first-order chi connectivity index (χ1) is 11.7. The number of nitrogens with one attached hydrogen (secondary N) is 2. The molecule has 3 aromatic rings. The zero-order valence-corrected chi connectivity index (χ0v) is 13.6. The number of pyridine rings is 1. The summed E-state index contributed by atoms with van der Waals surface area (Å²) < 4.78 is 0. The van der Waals surface area contributed by atoms with Crippen LogP contribution in [0.15, 0.2) is 52.8 Å². The maximum absolute atomic E-state index is 12.5. The summed E-state index contributed by atoms with van der Waals surface area (Å²) in [6, 6.07) is 10.9. The Morgan fingerprint density at radius 3 is 2.75 bits per heavy atom. The summed E-state index contributed by atoms with van der Waals surface area (Å²) in [4.78, 5) is 31.8. The van der Waals surface area contributed by atoms with E-state index < -0.39 is 5.91 Å². The smallest absolute Gasteiger partial charge is 0.261 e. The second-order valence-electron chi connectivity index (χ2n) is 5.77. The number of carbonyl (C=O) groups excluding carboxylic acids is 1. The molecule has 0 atom stereocenters. The molecule has 0 spiro atoms. The first-order valence-electron chi connectivity index (χ1n) is 7.76. The number of amides is 1. The number of thiazole rings is 1. The fourth-order valence-corrected chi connectivity index (χ4v) is 3.30. The zero-order chi connectivity index (χ0) is 16.5. The first kappa shape index (κ1) is 14.8. The van der Waals surface area contributed by atoms with Gasteiger partial charge in [-0.25, -0.2) is 4.98 Å². The Morgan fingerprint density at radius 2 is 2.04 bits per heavy atom. The van der Waals surface area contributed by atoms with Crippen LogP contribution in [0.25, 0.3) is 10.6 Å². The standard InChI is InChI=1S/C18H15N3O2S/c22-16-13(7-8-14(20-16)11-5-6-11)17(23)21-15-4-2-1-3-12(15)18-19-9-10-24-18/h1-4,7-11H,5-6H2,(H,20,22)(H,21,23). The Kier molecular flexibility index (Phi) is 3.74. The van der Waals surface area contributed by atoms with Gasteiger partial charge in [-0.05, 0) is 43.0 Å². The van der Waals surface area contributed by atoms with E-state index in [4.69, 9.17) is 0 Å². The number of aromatic amines is 1. The van der Waals surface area contributed by atoms with Gasteiger partial charge < -0.3 is 10.3 Å². The van der Waals surface area contributed by atoms with E-state index in [2.05, 4.69) is 15.3 Å². The Morgan fingerprint density at radius 1 is 1.21 bits per heavy atom. The highest BCUT2D eigenvalue weighted by Gasteiger charge is 2.25. The summed E-state index contributed by atoms with van der Waals surface area (Å²) in [7, 11) is 0. The van der Waals surface area contributed by atoms with E-state index >= 15 is 0 Å². The molecule has 5 nitrogen and oxygen atoms in total. The van der Waals surface area contributed by atoms with Crippen molar-refractivity contribution in [1.82, 2.24) is 9.97 Å². The number of benzene rings is 1. The minimum atomic E-state index is -0.414. The second-order valence-corrected chi connectivity index (χ2v) is 6.66. The number of H-pyrrole nitrogens is 1. The molecule has 6 heteroatoms. The van der Waals surface area contributed by atoms with Crippen LogP contribution in [-0.4, -0.2) is 15.9 Å². The summed E-state index contributed by atoms with van der Waals surface area (Å²) in [5, 5.41) is 5.54. The third-order valence-corrected chi connectivity index (χ3v) is 4.84. The molecule has 24 heavy (non-hydrogen) atoms. The fourth-order valence-electron chi connectivity index (χ4n) is 2.62. The van der Waals surface area contributed by atoms with Crippen LogP contribution in [0.2, 0.25) is 0 Å². The van der Waals surface area contributed by atoms with Crippen molar-refractivity contribution < 1.29 is 4.79 Å². The Balaban J connectivity index is 1.62. The molecule has 1 saturated carbocycles. The summed E-state index contributed by atoms with van der Waals surface area (Å²) in [5.74, 6) is 0.0306. The van der Waals surface area contributed by atoms with Gasteiger partial charge in [0.05, 0.1) is 5.69 Å². The molecule has 1 aliphatic carbocycles. The average Bonchev–Trinajstić information content (AvgIpc) is 3.30. The van der Waals surface area contributed by atoms with E-state index in [1.54, 1.807) is 18.3 Å². The van der Waals surface area contributed by atoms with Gasteiger partial charge in [-0.3, -0.25) is 9.59 Å². The third-order valence-electron chi connectivity index (χ3n) is 4.03. The lowest BCUT2D eigenvalue weighted by Gasteiger charge is -2.09. The molecule has 0 unspecified atom stereocenters. The van der Waals surface area contributed by atoms with Gasteiger partial charge in [0.25, 0.3) is 11.5 Å². The Labute approximate surface area is 142 Å². The van der Waals surface area contributed by atoms with Crippen LogP contribution in [0.4, 0.5) is 5.69 Å². The Bertz CT molecular complexity index is 943. The predicted octanol–water partition coefficient (Wildman–Crippen LogP) is 3.63. The number of carbonyl (C=O) groups is 1. The second kappa shape index (κ2) is 6.05. The lowest BCUT2D eigenvalue weighted by Crippen LogP contribution is -2.23. The first-order valence-corrected chi connectivity index (χ1v) is 8.64. The minimum Gasteiger partial charge on any atom is -0.325 e. The summed E-state index contributed by atoms with van der Waals surface area (Å²) in [5.41, 5.74) is 2.17. The number of aromatic nitrogens is 2. The minimum absolute atomic E-state index is 0.119.